The minimum absolute atomic E-state index is 0.113. The van der Waals surface area contributed by atoms with Gasteiger partial charge in [0.05, 0.1) is 17.9 Å². The van der Waals surface area contributed by atoms with E-state index in [0.717, 1.165) is 24.2 Å². The zero-order chi connectivity index (χ0) is 12.3. The number of rotatable bonds is 5. The highest BCUT2D eigenvalue weighted by Gasteiger charge is 2.16. The quantitative estimate of drug-likeness (QED) is 0.847. The maximum Gasteiger partial charge on any atom is 0.0840 e. The molecule has 0 aromatic carbocycles. The monoisotopic (exact) mass is 233 g/mol. The summed E-state index contributed by atoms with van der Waals surface area (Å²) in [5.41, 5.74) is 2.17. The first kappa shape index (κ1) is 11.9. The third-order valence-electron chi connectivity index (χ3n) is 2.76. The highest BCUT2D eigenvalue weighted by Crippen LogP contribution is 2.19. The molecule has 17 heavy (non-hydrogen) atoms. The molecule has 1 atom stereocenters. The van der Waals surface area contributed by atoms with Crippen molar-refractivity contribution in [3.05, 3.63) is 35.9 Å². The van der Waals surface area contributed by atoms with Crippen molar-refractivity contribution in [3.8, 4) is 0 Å². The first-order valence-electron chi connectivity index (χ1n) is 5.93. The van der Waals surface area contributed by atoms with Crippen LogP contribution in [-0.2, 0) is 13.6 Å². The second-order valence-electron chi connectivity index (χ2n) is 4.17. The van der Waals surface area contributed by atoms with Crippen molar-refractivity contribution in [1.29, 1.82) is 0 Å². The number of nitrogens with zero attached hydrogens (tertiary/aromatic N) is 4. The number of hydrogen-bond donors (Lipinski definition) is 1. The minimum atomic E-state index is 0.113. The standard InChI is InChI=1S/C12H19N5/c1-4-6-17-9-10(8-14-17)12(13-2)11-5-7-16(3)15-11/h5,7-9,12-13H,4,6H2,1-3H3. The molecule has 2 aromatic rings. The molecule has 0 bridgehead atoms. The van der Waals surface area contributed by atoms with Gasteiger partial charge >= 0.3 is 0 Å². The van der Waals surface area contributed by atoms with E-state index in [9.17, 15) is 0 Å². The number of aryl methyl sites for hydroxylation is 2. The topological polar surface area (TPSA) is 47.7 Å². The van der Waals surface area contributed by atoms with Crippen molar-refractivity contribution in [2.24, 2.45) is 7.05 Å². The average Bonchev–Trinajstić information content (AvgIpc) is 2.91. The second kappa shape index (κ2) is 5.14. The summed E-state index contributed by atoms with van der Waals surface area (Å²) < 4.78 is 3.79. The maximum atomic E-state index is 4.43. The van der Waals surface area contributed by atoms with Crippen LogP contribution >= 0.6 is 0 Å². The third kappa shape index (κ3) is 2.55. The lowest BCUT2D eigenvalue weighted by atomic mass is 10.1. The predicted molar refractivity (Wildman–Crippen MR) is 66.6 cm³/mol. The van der Waals surface area contributed by atoms with E-state index in [1.165, 1.54) is 0 Å². The summed E-state index contributed by atoms with van der Waals surface area (Å²) in [4.78, 5) is 0. The van der Waals surface area contributed by atoms with Gasteiger partial charge in [0, 0.05) is 31.5 Å². The van der Waals surface area contributed by atoms with Gasteiger partial charge in [0.15, 0.2) is 0 Å². The molecule has 0 radical (unpaired) electrons. The molecule has 0 spiro atoms. The van der Waals surface area contributed by atoms with Crippen LogP contribution in [0.2, 0.25) is 0 Å². The molecule has 2 heterocycles. The predicted octanol–water partition coefficient (Wildman–Crippen LogP) is 1.34. The van der Waals surface area contributed by atoms with Crippen LogP contribution in [0.1, 0.15) is 30.6 Å². The Balaban J connectivity index is 2.22. The van der Waals surface area contributed by atoms with Gasteiger partial charge in [-0.1, -0.05) is 6.92 Å². The fourth-order valence-electron chi connectivity index (χ4n) is 1.95. The highest BCUT2D eigenvalue weighted by atomic mass is 15.3. The van der Waals surface area contributed by atoms with Gasteiger partial charge in [0.2, 0.25) is 0 Å². The largest absolute Gasteiger partial charge is 0.308 e. The van der Waals surface area contributed by atoms with Crippen LogP contribution in [0.4, 0.5) is 0 Å². The Morgan fingerprint density at radius 1 is 1.47 bits per heavy atom. The molecule has 2 rings (SSSR count). The van der Waals surface area contributed by atoms with E-state index in [1.807, 2.05) is 41.9 Å². The summed E-state index contributed by atoms with van der Waals surface area (Å²) in [5.74, 6) is 0. The highest BCUT2D eigenvalue weighted by molar-refractivity contribution is 5.22. The Hall–Kier alpha value is -1.62. The van der Waals surface area contributed by atoms with Crippen LogP contribution in [0.15, 0.2) is 24.7 Å². The van der Waals surface area contributed by atoms with Gasteiger partial charge < -0.3 is 5.32 Å². The molecule has 0 aliphatic carbocycles. The molecule has 0 aliphatic heterocycles. The zero-order valence-electron chi connectivity index (χ0n) is 10.6. The maximum absolute atomic E-state index is 4.43. The van der Waals surface area contributed by atoms with Gasteiger partial charge in [-0.05, 0) is 19.5 Å². The minimum Gasteiger partial charge on any atom is -0.308 e. The average molecular weight is 233 g/mol. The Bertz CT molecular complexity index is 471. The van der Waals surface area contributed by atoms with E-state index in [1.54, 1.807) is 0 Å². The van der Waals surface area contributed by atoms with Crippen molar-refractivity contribution < 1.29 is 0 Å². The molecule has 1 N–H and O–H groups in total. The van der Waals surface area contributed by atoms with Crippen molar-refractivity contribution in [3.63, 3.8) is 0 Å². The lowest BCUT2D eigenvalue weighted by Crippen LogP contribution is -2.18. The summed E-state index contributed by atoms with van der Waals surface area (Å²) in [6, 6.07) is 2.14. The van der Waals surface area contributed by atoms with E-state index in [-0.39, 0.29) is 6.04 Å². The molecule has 0 aliphatic rings. The van der Waals surface area contributed by atoms with Crippen LogP contribution in [0.25, 0.3) is 0 Å². The summed E-state index contributed by atoms with van der Waals surface area (Å²) in [5, 5.41) is 12.1. The van der Waals surface area contributed by atoms with Crippen LogP contribution < -0.4 is 5.32 Å². The fraction of sp³-hybridized carbons (Fsp3) is 0.500. The number of hydrogen-bond acceptors (Lipinski definition) is 3. The van der Waals surface area contributed by atoms with Gasteiger partial charge in [-0.25, -0.2) is 0 Å². The lowest BCUT2D eigenvalue weighted by Gasteiger charge is -2.11. The Morgan fingerprint density at radius 3 is 2.88 bits per heavy atom. The summed E-state index contributed by atoms with van der Waals surface area (Å²) in [6.45, 7) is 3.11. The Kier molecular flexibility index (Phi) is 3.58. The van der Waals surface area contributed by atoms with E-state index >= 15 is 0 Å². The molecule has 92 valence electrons. The summed E-state index contributed by atoms with van der Waals surface area (Å²) >= 11 is 0. The van der Waals surface area contributed by atoms with Crippen molar-refractivity contribution >= 4 is 0 Å². The van der Waals surface area contributed by atoms with Gasteiger partial charge in [0.25, 0.3) is 0 Å². The SMILES string of the molecule is CCCn1cc(C(NC)c2ccn(C)n2)cn1. The van der Waals surface area contributed by atoms with Crippen molar-refractivity contribution in [2.45, 2.75) is 25.9 Å². The van der Waals surface area contributed by atoms with Crippen LogP contribution in [0.3, 0.4) is 0 Å². The summed E-state index contributed by atoms with van der Waals surface area (Å²) in [7, 11) is 3.87. The van der Waals surface area contributed by atoms with E-state index in [0.29, 0.717) is 0 Å². The van der Waals surface area contributed by atoms with E-state index in [4.69, 9.17) is 0 Å². The van der Waals surface area contributed by atoms with Gasteiger partial charge in [0.1, 0.15) is 0 Å². The number of aromatic nitrogens is 4. The summed E-state index contributed by atoms with van der Waals surface area (Å²) in [6.07, 6.45) is 7.04. The first-order chi connectivity index (χ1) is 8.24. The molecular formula is C12H19N5. The van der Waals surface area contributed by atoms with Crippen LogP contribution in [0.5, 0.6) is 0 Å². The first-order valence-corrected chi connectivity index (χ1v) is 5.93. The van der Waals surface area contributed by atoms with Gasteiger partial charge in [-0.15, -0.1) is 0 Å². The molecule has 2 aromatic heterocycles. The normalized spacial score (nSPS) is 12.9. The molecule has 0 saturated heterocycles. The second-order valence-corrected chi connectivity index (χ2v) is 4.17. The van der Waals surface area contributed by atoms with E-state index < -0.39 is 0 Å². The van der Waals surface area contributed by atoms with E-state index in [2.05, 4.69) is 28.6 Å². The third-order valence-corrected chi connectivity index (χ3v) is 2.76. The lowest BCUT2D eigenvalue weighted by molar-refractivity contribution is 0.599. The molecule has 1 unspecified atom stereocenters. The van der Waals surface area contributed by atoms with Crippen LogP contribution in [-0.4, -0.2) is 26.6 Å². The Labute approximate surface area is 101 Å². The van der Waals surface area contributed by atoms with Crippen molar-refractivity contribution in [2.75, 3.05) is 7.05 Å². The molecule has 0 fully saturated rings. The zero-order valence-corrected chi connectivity index (χ0v) is 10.6. The van der Waals surface area contributed by atoms with Gasteiger partial charge in [-0.3, -0.25) is 9.36 Å². The molecular weight excluding hydrogens is 214 g/mol. The molecule has 5 nitrogen and oxygen atoms in total. The Morgan fingerprint density at radius 2 is 2.29 bits per heavy atom. The van der Waals surface area contributed by atoms with Crippen molar-refractivity contribution in [1.82, 2.24) is 24.9 Å². The molecule has 0 saturated carbocycles. The smallest absolute Gasteiger partial charge is 0.0840 e. The fourth-order valence-corrected chi connectivity index (χ4v) is 1.95. The van der Waals surface area contributed by atoms with Crippen LogP contribution in [0, 0.1) is 0 Å². The molecule has 5 heteroatoms. The molecule has 0 amide bonds. The number of nitrogens with one attached hydrogen (secondary N) is 1. The van der Waals surface area contributed by atoms with Gasteiger partial charge in [-0.2, -0.15) is 10.2 Å².